The van der Waals surface area contributed by atoms with E-state index in [-0.39, 0.29) is 12.1 Å². The zero-order valence-corrected chi connectivity index (χ0v) is 19.7. The number of carbonyl (C=O) groups excluding carboxylic acids is 1. The van der Waals surface area contributed by atoms with Crippen molar-refractivity contribution in [3.8, 4) is 5.75 Å². The lowest BCUT2D eigenvalue weighted by Crippen LogP contribution is -2.09. The molecular weight excluding hydrogens is 384 g/mol. The van der Waals surface area contributed by atoms with Crippen molar-refractivity contribution < 1.29 is 14.3 Å². The van der Waals surface area contributed by atoms with E-state index < -0.39 is 0 Å². The molecule has 170 valence electrons. The second-order valence-corrected chi connectivity index (χ2v) is 8.39. The Balaban J connectivity index is 1.73. The monoisotopic (exact) mass is 424 g/mol. The highest BCUT2D eigenvalue weighted by Crippen LogP contribution is 2.20. The normalized spacial score (nSPS) is 12.0. The summed E-state index contributed by atoms with van der Waals surface area (Å²) in [5.74, 6) is 0.255. The van der Waals surface area contributed by atoms with E-state index in [1.54, 1.807) is 0 Å². The van der Waals surface area contributed by atoms with Gasteiger partial charge in [-0.2, -0.15) is 0 Å². The van der Waals surface area contributed by atoms with Crippen molar-refractivity contribution in [1.29, 1.82) is 0 Å². The lowest BCUT2D eigenvalue weighted by molar-refractivity contribution is 0.0626. The van der Waals surface area contributed by atoms with Crippen LogP contribution in [0.15, 0.2) is 48.5 Å². The average molecular weight is 425 g/mol. The van der Waals surface area contributed by atoms with Crippen LogP contribution in [0, 0.1) is 0 Å². The molecule has 0 N–H and O–H groups in total. The summed E-state index contributed by atoms with van der Waals surface area (Å²) >= 11 is 0. The first-order valence-corrected chi connectivity index (χ1v) is 12.2. The third-order valence-corrected chi connectivity index (χ3v) is 5.68. The highest BCUT2D eigenvalue weighted by Gasteiger charge is 2.11. The van der Waals surface area contributed by atoms with E-state index in [1.165, 1.54) is 56.9 Å². The molecule has 0 bridgehead atoms. The molecule has 0 saturated heterocycles. The number of rotatable bonds is 15. The molecule has 2 aromatic carbocycles. The van der Waals surface area contributed by atoms with Crippen molar-refractivity contribution in [2.45, 2.75) is 91.1 Å². The Hall–Kier alpha value is -2.13. The lowest BCUT2D eigenvalue weighted by Gasteiger charge is -2.14. The topological polar surface area (TPSA) is 35.5 Å². The van der Waals surface area contributed by atoms with Crippen LogP contribution < -0.4 is 4.74 Å². The second-order valence-electron chi connectivity index (χ2n) is 8.39. The van der Waals surface area contributed by atoms with Gasteiger partial charge in [-0.05, 0) is 61.6 Å². The summed E-state index contributed by atoms with van der Waals surface area (Å²) in [6.07, 6.45) is 12.4. The van der Waals surface area contributed by atoms with E-state index in [0.29, 0.717) is 11.3 Å². The van der Waals surface area contributed by atoms with Crippen molar-refractivity contribution >= 4 is 5.97 Å². The van der Waals surface area contributed by atoms with Gasteiger partial charge in [0, 0.05) is 6.61 Å². The fourth-order valence-corrected chi connectivity index (χ4v) is 3.58. The molecule has 31 heavy (non-hydrogen) atoms. The van der Waals surface area contributed by atoms with Gasteiger partial charge in [0.2, 0.25) is 0 Å². The van der Waals surface area contributed by atoms with Gasteiger partial charge >= 0.3 is 5.97 Å². The highest BCUT2D eigenvalue weighted by molar-refractivity contribution is 5.91. The predicted molar refractivity (Wildman–Crippen MR) is 129 cm³/mol. The van der Waals surface area contributed by atoms with Crippen LogP contribution in [0.3, 0.4) is 0 Å². The molecule has 0 aliphatic rings. The van der Waals surface area contributed by atoms with Crippen molar-refractivity contribution in [1.82, 2.24) is 0 Å². The van der Waals surface area contributed by atoms with Gasteiger partial charge in [-0.3, -0.25) is 0 Å². The zero-order valence-electron chi connectivity index (χ0n) is 19.7. The fraction of sp³-hybridized carbons (Fsp3) is 0.536. The molecule has 2 rings (SSSR count). The Morgan fingerprint density at radius 3 is 2.03 bits per heavy atom. The van der Waals surface area contributed by atoms with Crippen LogP contribution in [0.25, 0.3) is 0 Å². The maximum atomic E-state index is 12.4. The van der Waals surface area contributed by atoms with Gasteiger partial charge in [-0.15, -0.1) is 0 Å². The second kappa shape index (κ2) is 14.8. The van der Waals surface area contributed by atoms with Crippen molar-refractivity contribution in [3.63, 3.8) is 0 Å². The van der Waals surface area contributed by atoms with Gasteiger partial charge in [-0.1, -0.05) is 83.1 Å². The smallest absolute Gasteiger partial charge is 0.343 e. The minimum Gasteiger partial charge on any atom is -0.423 e. The largest absolute Gasteiger partial charge is 0.423 e. The van der Waals surface area contributed by atoms with E-state index in [0.717, 1.165) is 25.0 Å². The summed E-state index contributed by atoms with van der Waals surface area (Å²) < 4.78 is 11.5. The Bertz CT molecular complexity index is 734. The SMILES string of the molecule is CCCCCCCCCOC(C)c1ccc(C(=O)Oc2ccc(CCCC)cc2)cc1. The molecule has 0 fully saturated rings. The molecule has 0 amide bonds. The third-order valence-electron chi connectivity index (χ3n) is 5.68. The van der Waals surface area contributed by atoms with Gasteiger partial charge < -0.3 is 9.47 Å². The predicted octanol–water partition coefficient (Wildman–Crippen LogP) is 8.08. The molecule has 2 aromatic rings. The van der Waals surface area contributed by atoms with Crippen LogP contribution in [-0.4, -0.2) is 12.6 Å². The summed E-state index contributed by atoms with van der Waals surface area (Å²) in [7, 11) is 0. The molecule has 0 aromatic heterocycles. The summed E-state index contributed by atoms with van der Waals surface area (Å²) in [4.78, 5) is 12.4. The van der Waals surface area contributed by atoms with E-state index in [1.807, 2.05) is 48.5 Å². The maximum absolute atomic E-state index is 12.4. The molecule has 0 aliphatic heterocycles. The van der Waals surface area contributed by atoms with Crippen LogP contribution in [0.4, 0.5) is 0 Å². The lowest BCUT2D eigenvalue weighted by atomic mass is 10.1. The van der Waals surface area contributed by atoms with Gasteiger partial charge in [0.25, 0.3) is 0 Å². The van der Waals surface area contributed by atoms with E-state index in [9.17, 15) is 4.79 Å². The summed E-state index contributed by atoms with van der Waals surface area (Å²) in [6, 6.07) is 15.4. The molecule has 0 aliphatic carbocycles. The molecule has 3 heteroatoms. The standard InChI is InChI=1S/C28H40O3/c1-4-6-8-9-10-11-12-22-30-23(3)25-16-18-26(19-17-25)28(29)31-27-20-14-24(15-21-27)13-7-5-2/h14-21,23H,4-13,22H2,1-3H3. The fourth-order valence-electron chi connectivity index (χ4n) is 3.58. The number of hydrogen-bond donors (Lipinski definition) is 0. The number of ether oxygens (including phenoxy) is 2. The number of aryl methyl sites for hydroxylation is 1. The van der Waals surface area contributed by atoms with E-state index >= 15 is 0 Å². The molecule has 0 heterocycles. The Labute approximate surface area is 189 Å². The first-order valence-electron chi connectivity index (χ1n) is 12.2. The van der Waals surface area contributed by atoms with Crippen LogP contribution >= 0.6 is 0 Å². The number of hydrogen-bond acceptors (Lipinski definition) is 3. The van der Waals surface area contributed by atoms with Crippen LogP contribution in [0.1, 0.15) is 106 Å². The van der Waals surface area contributed by atoms with Crippen LogP contribution in [0.5, 0.6) is 5.75 Å². The van der Waals surface area contributed by atoms with E-state index in [4.69, 9.17) is 9.47 Å². The molecule has 1 unspecified atom stereocenters. The van der Waals surface area contributed by atoms with Gasteiger partial charge in [0.15, 0.2) is 0 Å². The number of unbranched alkanes of at least 4 members (excludes halogenated alkanes) is 7. The average Bonchev–Trinajstić information content (AvgIpc) is 2.80. The zero-order chi connectivity index (χ0) is 22.3. The van der Waals surface area contributed by atoms with Crippen LogP contribution in [0.2, 0.25) is 0 Å². The highest BCUT2D eigenvalue weighted by atomic mass is 16.5. The summed E-state index contributed by atoms with van der Waals surface area (Å²) in [6.45, 7) is 7.28. The number of carbonyl (C=O) groups is 1. The Morgan fingerprint density at radius 2 is 1.39 bits per heavy atom. The Morgan fingerprint density at radius 1 is 0.774 bits per heavy atom. The minimum absolute atomic E-state index is 0.0285. The van der Waals surface area contributed by atoms with Crippen molar-refractivity contribution in [3.05, 3.63) is 65.2 Å². The van der Waals surface area contributed by atoms with Gasteiger partial charge in [-0.25, -0.2) is 4.79 Å². The molecular formula is C28H40O3. The van der Waals surface area contributed by atoms with Gasteiger partial charge in [0.05, 0.1) is 11.7 Å². The summed E-state index contributed by atoms with van der Waals surface area (Å²) in [5, 5.41) is 0. The minimum atomic E-state index is -0.329. The molecule has 0 saturated carbocycles. The van der Waals surface area contributed by atoms with E-state index in [2.05, 4.69) is 20.8 Å². The van der Waals surface area contributed by atoms with Gasteiger partial charge in [0.1, 0.15) is 5.75 Å². The molecule has 0 spiro atoms. The first kappa shape index (κ1) is 25.1. The first-order chi connectivity index (χ1) is 15.1. The third kappa shape index (κ3) is 9.69. The molecule has 1 atom stereocenters. The molecule has 0 radical (unpaired) electrons. The molecule has 3 nitrogen and oxygen atoms in total. The number of benzene rings is 2. The quantitative estimate of drug-likeness (QED) is 0.165. The maximum Gasteiger partial charge on any atom is 0.343 e. The van der Waals surface area contributed by atoms with Crippen molar-refractivity contribution in [2.75, 3.05) is 6.61 Å². The number of esters is 1. The van der Waals surface area contributed by atoms with Crippen LogP contribution in [-0.2, 0) is 11.2 Å². The Kier molecular flexibility index (Phi) is 12.0. The summed E-state index contributed by atoms with van der Waals surface area (Å²) in [5.41, 5.74) is 2.91. The van der Waals surface area contributed by atoms with Crippen molar-refractivity contribution in [2.24, 2.45) is 0 Å².